The summed E-state index contributed by atoms with van der Waals surface area (Å²) in [6.07, 6.45) is -4.32. The van der Waals surface area contributed by atoms with Crippen LogP contribution in [-0.2, 0) is 0 Å². The maximum Gasteiger partial charge on any atom is 0.573 e. The first-order chi connectivity index (χ1) is 8.74. The molecule has 0 saturated carbocycles. The molecule has 0 saturated heterocycles. The molecule has 1 aromatic rings. The minimum atomic E-state index is -4.80. The molecular formula is C12H16Cl2F3NO2. The van der Waals surface area contributed by atoms with Crippen molar-refractivity contribution in [3.05, 3.63) is 28.8 Å². The van der Waals surface area contributed by atoms with Crippen LogP contribution in [0.25, 0.3) is 0 Å². The predicted molar refractivity (Wildman–Crippen MR) is 73.2 cm³/mol. The Hall–Kier alpha value is -0.690. The van der Waals surface area contributed by atoms with Crippen molar-refractivity contribution in [1.82, 2.24) is 0 Å². The van der Waals surface area contributed by atoms with Crippen LogP contribution >= 0.6 is 24.0 Å². The first-order valence-corrected chi connectivity index (χ1v) is 6.11. The van der Waals surface area contributed by atoms with E-state index in [0.29, 0.717) is 12.0 Å². The van der Waals surface area contributed by atoms with Crippen molar-refractivity contribution < 1.29 is 23.0 Å². The van der Waals surface area contributed by atoms with Crippen LogP contribution in [0.5, 0.6) is 5.75 Å². The average Bonchev–Trinajstić information content (AvgIpc) is 2.29. The first kappa shape index (κ1) is 19.3. The lowest BCUT2D eigenvalue weighted by molar-refractivity contribution is -0.274. The maximum absolute atomic E-state index is 12.1. The number of benzene rings is 1. The SMILES string of the molecule is CCC[C@@H](O)[C@@H](N)c1ccc(OC(F)(F)F)c(Cl)c1.Cl. The Morgan fingerprint density at radius 2 is 2.00 bits per heavy atom. The van der Waals surface area contributed by atoms with E-state index in [1.807, 2.05) is 6.92 Å². The lowest BCUT2D eigenvalue weighted by atomic mass is 9.99. The molecule has 0 radical (unpaired) electrons. The third-order valence-corrected chi connectivity index (χ3v) is 2.86. The highest BCUT2D eigenvalue weighted by Gasteiger charge is 2.32. The van der Waals surface area contributed by atoms with Crippen molar-refractivity contribution in [1.29, 1.82) is 0 Å². The van der Waals surface area contributed by atoms with Gasteiger partial charge in [0.1, 0.15) is 5.75 Å². The van der Waals surface area contributed by atoms with Crippen LogP contribution in [0.15, 0.2) is 18.2 Å². The smallest absolute Gasteiger partial charge is 0.404 e. The molecule has 0 heterocycles. The summed E-state index contributed by atoms with van der Waals surface area (Å²) >= 11 is 5.70. The average molecular weight is 334 g/mol. The van der Waals surface area contributed by atoms with E-state index in [1.54, 1.807) is 0 Å². The molecule has 1 rings (SSSR count). The molecule has 3 N–H and O–H groups in total. The standard InChI is InChI=1S/C12H15ClF3NO2.ClH/c1-2-3-9(18)11(17)7-4-5-10(8(13)6-7)19-12(14,15)16;/h4-6,9,11,18H,2-3,17H2,1H3;1H/t9-,11+;/m1./s1. The molecule has 0 aliphatic heterocycles. The van der Waals surface area contributed by atoms with Crippen LogP contribution in [0, 0.1) is 0 Å². The van der Waals surface area contributed by atoms with E-state index in [-0.39, 0.29) is 17.4 Å². The second-order valence-corrected chi connectivity index (χ2v) is 4.53. The van der Waals surface area contributed by atoms with Gasteiger partial charge >= 0.3 is 6.36 Å². The zero-order chi connectivity index (χ0) is 14.6. The number of aliphatic hydroxyl groups is 1. The Kier molecular flexibility index (Phi) is 7.65. The number of rotatable bonds is 5. The van der Waals surface area contributed by atoms with Crippen LogP contribution in [0.3, 0.4) is 0 Å². The quantitative estimate of drug-likeness (QED) is 0.861. The molecule has 2 atom stereocenters. The fraction of sp³-hybridized carbons (Fsp3) is 0.500. The molecule has 0 unspecified atom stereocenters. The van der Waals surface area contributed by atoms with Gasteiger partial charge in [-0.05, 0) is 24.1 Å². The lowest BCUT2D eigenvalue weighted by Gasteiger charge is -2.19. The fourth-order valence-corrected chi connectivity index (χ4v) is 1.86. The van der Waals surface area contributed by atoms with Crippen LogP contribution in [0.4, 0.5) is 13.2 Å². The van der Waals surface area contributed by atoms with E-state index in [4.69, 9.17) is 17.3 Å². The van der Waals surface area contributed by atoms with Crippen LogP contribution < -0.4 is 10.5 Å². The van der Waals surface area contributed by atoms with Gasteiger partial charge in [0.2, 0.25) is 0 Å². The van der Waals surface area contributed by atoms with Gasteiger partial charge in [-0.25, -0.2) is 0 Å². The zero-order valence-corrected chi connectivity index (χ0v) is 12.2. The number of halogens is 5. The van der Waals surface area contributed by atoms with Gasteiger partial charge < -0.3 is 15.6 Å². The minimum absolute atomic E-state index is 0. The summed E-state index contributed by atoms with van der Waals surface area (Å²) in [6.45, 7) is 1.89. The Morgan fingerprint density at radius 1 is 1.40 bits per heavy atom. The summed E-state index contributed by atoms with van der Waals surface area (Å²) in [5, 5.41) is 9.54. The highest BCUT2D eigenvalue weighted by Crippen LogP contribution is 2.32. The van der Waals surface area contributed by atoms with Gasteiger partial charge in [0.05, 0.1) is 17.2 Å². The van der Waals surface area contributed by atoms with E-state index in [0.717, 1.165) is 12.5 Å². The van der Waals surface area contributed by atoms with E-state index >= 15 is 0 Å². The lowest BCUT2D eigenvalue weighted by Crippen LogP contribution is -2.26. The molecule has 8 heteroatoms. The second-order valence-electron chi connectivity index (χ2n) is 4.12. The minimum Gasteiger partial charge on any atom is -0.404 e. The molecule has 0 aromatic heterocycles. The molecule has 0 spiro atoms. The fourth-order valence-electron chi connectivity index (χ4n) is 1.63. The number of hydrogen-bond donors (Lipinski definition) is 2. The molecule has 0 aliphatic carbocycles. The molecule has 0 aliphatic rings. The monoisotopic (exact) mass is 333 g/mol. The number of alkyl halides is 3. The Balaban J connectivity index is 0.00000361. The second kappa shape index (κ2) is 7.93. The number of nitrogens with two attached hydrogens (primary N) is 1. The molecule has 0 amide bonds. The topological polar surface area (TPSA) is 55.5 Å². The number of aliphatic hydroxyl groups excluding tert-OH is 1. The molecule has 116 valence electrons. The van der Waals surface area contributed by atoms with Crippen LogP contribution in [0.1, 0.15) is 31.4 Å². The van der Waals surface area contributed by atoms with Crippen LogP contribution in [-0.4, -0.2) is 17.6 Å². The van der Waals surface area contributed by atoms with Crippen molar-refractivity contribution in [3.8, 4) is 5.75 Å². The maximum atomic E-state index is 12.1. The normalized spacial score (nSPS) is 14.3. The van der Waals surface area contributed by atoms with Crippen molar-refractivity contribution in [3.63, 3.8) is 0 Å². The van der Waals surface area contributed by atoms with E-state index < -0.39 is 24.3 Å². The third kappa shape index (κ3) is 5.75. The molecule has 0 bridgehead atoms. The predicted octanol–water partition coefficient (Wildman–Crippen LogP) is 3.82. The van der Waals surface area contributed by atoms with E-state index in [1.165, 1.54) is 12.1 Å². The summed E-state index contributed by atoms with van der Waals surface area (Å²) in [7, 11) is 0. The molecule has 0 fully saturated rings. The Labute approximate surface area is 126 Å². The van der Waals surface area contributed by atoms with Gasteiger partial charge in [-0.3, -0.25) is 0 Å². The summed E-state index contributed by atoms with van der Waals surface area (Å²) in [5.74, 6) is -0.491. The van der Waals surface area contributed by atoms with Crippen LogP contribution in [0.2, 0.25) is 5.02 Å². The van der Waals surface area contributed by atoms with Crippen molar-refractivity contribution in [2.75, 3.05) is 0 Å². The van der Waals surface area contributed by atoms with E-state index in [9.17, 15) is 18.3 Å². The summed E-state index contributed by atoms with van der Waals surface area (Å²) < 4.78 is 39.9. The third-order valence-electron chi connectivity index (χ3n) is 2.57. The van der Waals surface area contributed by atoms with Gasteiger partial charge in [-0.15, -0.1) is 25.6 Å². The van der Waals surface area contributed by atoms with Crippen molar-refractivity contribution in [2.24, 2.45) is 5.73 Å². The zero-order valence-electron chi connectivity index (χ0n) is 10.7. The number of ether oxygens (including phenoxy) is 1. The van der Waals surface area contributed by atoms with E-state index in [2.05, 4.69) is 4.74 Å². The molecule has 3 nitrogen and oxygen atoms in total. The molecule has 1 aromatic carbocycles. The Morgan fingerprint density at radius 3 is 2.45 bits per heavy atom. The highest BCUT2D eigenvalue weighted by molar-refractivity contribution is 6.32. The van der Waals surface area contributed by atoms with Gasteiger partial charge in [0.25, 0.3) is 0 Å². The highest BCUT2D eigenvalue weighted by atomic mass is 35.5. The van der Waals surface area contributed by atoms with Crippen molar-refractivity contribution in [2.45, 2.75) is 38.3 Å². The molecule has 20 heavy (non-hydrogen) atoms. The first-order valence-electron chi connectivity index (χ1n) is 5.73. The summed E-state index contributed by atoms with van der Waals surface area (Å²) in [5.41, 5.74) is 6.26. The number of hydrogen-bond acceptors (Lipinski definition) is 3. The van der Waals surface area contributed by atoms with Gasteiger partial charge in [0.15, 0.2) is 0 Å². The largest absolute Gasteiger partial charge is 0.573 e. The van der Waals surface area contributed by atoms with Gasteiger partial charge in [-0.2, -0.15) is 0 Å². The molecular weight excluding hydrogens is 318 g/mol. The summed E-state index contributed by atoms with van der Waals surface area (Å²) in [4.78, 5) is 0. The van der Waals surface area contributed by atoms with Gasteiger partial charge in [0, 0.05) is 0 Å². The Bertz CT molecular complexity index is 430. The van der Waals surface area contributed by atoms with Gasteiger partial charge in [-0.1, -0.05) is 31.0 Å². The van der Waals surface area contributed by atoms with Crippen molar-refractivity contribution >= 4 is 24.0 Å². The summed E-state index contributed by atoms with van der Waals surface area (Å²) in [6, 6.07) is 3.02.